The van der Waals surface area contributed by atoms with Crippen molar-refractivity contribution in [2.45, 2.75) is 0 Å². The van der Waals surface area contributed by atoms with Crippen molar-refractivity contribution >= 4 is 39.3 Å². The minimum absolute atomic E-state index is 1.11. The van der Waals surface area contributed by atoms with E-state index in [1.165, 1.54) is 37.0 Å². The second-order valence-corrected chi connectivity index (χ2v) is 6.90. The minimum atomic E-state index is 1.11. The van der Waals surface area contributed by atoms with Gasteiger partial charge in [-0.1, -0.05) is 73.3 Å². The van der Waals surface area contributed by atoms with E-state index in [-0.39, 0.29) is 0 Å². The molecule has 1 aliphatic rings. The number of allylic oxidation sites excluding steroid dienone is 2. The second-order valence-electron chi connectivity index (χ2n) is 5.65. The Kier molecular flexibility index (Phi) is 3.66. The second kappa shape index (κ2) is 5.82. The lowest BCUT2D eigenvalue weighted by molar-refractivity contribution is 1.53. The fourth-order valence-electron chi connectivity index (χ4n) is 3.23. The highest BCUT2D eigenvalue weighted by Crippen LogP contribution is 2.48. The van der Waals surface area contributed by atoms with Crippen LogP contribution in [0, 0.1) is 3.57 Å². The number of fused-ring (bicyclic) bond motifs is 1. The molecule has 0 unspecified atom stereocenters. The number of benzene rings is 3. The summed E-state index contributed by atoms with van der Waals surface area (Å²) in [5.74, 6) is 0. The molecule has 3 aromatic carbocycles. The van der Waals surface area contributed by atoms with E-state index in [1.807, 2.05) is 0 Å². The summed E-state index contributed by atoms with van der Waals surface area (Å²) in [6.45, 7) is 4.40. The first-order valence-electron chi connectivity index (χ1n) is 7.60. The quantitative estimate of drug-likeness (QED) is 0.440. The van der Waals surface area contributed by atoms with Gasteiger partial charge in [0.15, 0.2) is 0 Å². The summed E-state index contributed by atoms with van der Waals surface area (Å²) in [7, 11) is 0. The third-order valence-corrected chi connectivity index (χ3v) is 4.92. The molecule has 1 heteroatoms. The zero-order valence-corrected chi connectivity index (χ0v) is 14.7. The molecule has 0 radical (unpaired) electrons. The van der Waals surface area contributed by atoms with Gasteiger partial charge >= 0.3 is 0 Å². The van der Waals surface area contributed by atoms with Crippen molar-refractivity contribution < 1.29 is 0 Å². The predicted octanol–water partition coefficient (Wildman–Crippen LogP) is 6.28. The van der Waals surface area contributed by atoms with Gasteiger partial charge in [-0.3, -0.25) is 0 Å². The minimum Gasteiger partial charge on any atom is -0.0905 e. The van der Waals surface area contributed by atoms with Crippen LogP contribution in [-0.2, 0) is 0 Å². The van der Waals surface area contributed by atoms with E-state index in [1.54, 1.807) is 0 Å². The highest BCUT2D eigenvalue weighted by Gasteiger charge is 2.26. The molecule has 4 rings (SSSR count). The molecule has 0 N–H and O–H groups in total. The summed E-state index contributed by atoms with van der Waals surface area (Å²) in [6.07, 6.45) is 0. The molecule has 0 saturated carbocycles. The summed E-state index contributed by atoms with van der Waals surface area (Å²) in [6, 6.07) is 27.8. The Morgan fingerprint density at radius 3 is 1.78 bits per heavy atom. The first-order chi connectivity index (χ1) is 11.3. The molecule has 110 valence electrons. The zero-order chi connectivity index (χ0) is 15.8. The van der Waals surface area contributed by atoms with Gasteiger partial charge in [-0.2, -0.15) is 0 Å². The lowest BCUT2D eigenvalue weighted by atomic mass is 9.94. The van der Waals surface area contributed by atoms with Gasteiger partial charge in [-0.15, -0.1) is 0 Å². The molecule has 0 bridgehead atoms. The molecule has 0 nitrogen and oxygen atoms in total. The molecule has 1 aliphatic carbocycles. The fourth-order valence-corrected chi connectivity index (χ4v) is 3.73. The molecular formula is C22H15I. The van der Waals surface area contributed by atoms with Crippen LogP contribution in [-0.4, -0.2) is 0 Å². The number of halogens is 1. The fraction of sp³-hybridized carbons (Fsp3) is 0. The van der Waals surface area contributed by atoms with Gasteiger partial charge in [0.05, 0.1) is 0 Å². The van der Waals surface area contributed by atoms with Gasteiger partial charge in [0, 0.05) is 3.57 Å². The van der Waals surface area contributed by atoms with Crippen molar-refractivity contribution in [2.24, 2.45) is 0 Å². The number of hydrogen-bond donors (Lipinski definition) is 0. The van der Waals surface area contributed by atoms with E-state index in [4.69, 9.17) is 0 Å². The summed E-state index contributed by atoms with van der Waals surface area (Å²) in [5, 5.41) is 0. The van der Waals surface area contributed by atoms with Crippen LogP contribution in [0.4, 0.5) is 0 Å². The third kappa shape index (κ3) is 2.45. The van der Waals surface area contributed by atoms with Crippen LogP contribution in [0.25, 0.3) is 16.7 Å². The summed E-state index contributed by atoms with van der Waals surface area (Å²) in [5.41, 5.74) is 8.64. The maximum absolute atomic E-state index is 4.40. The lowest BCUT2D eigenvalue weighted by Gasteiger charge is -2.10. The van der Waals surface area contributed by atoms with Crippen molar-refractivity contribution in [1.29, 1.82) is 0 Å². The summed E-state index contributed by atoms with van der Waals surface area (Å²) >= 11 is 2.38. The van der Waals surface area contributed by atoms with Crippen molar-refractivity contribution in [1.82, 2.24) is 0 Å². The highest BCUT2D eigenvalue weighted by molar-refractivity contribution is 14.1. The van der Waals surface area contributed by atoms with E-state index in [2.05, 4.69) is 108 Å². The monoisotopic (exact) mass is 406 g/mol. The predicted molar refractivity (Wildman–Crippen MR) is 107 cm³/mol. The molecule has 23 heavy (non-hydrogen) atoms. The Morgan fingerprint density at radius 2 is 1.17 bits per heavy atom. The number of hydrogen-bond acceptors (Lipinski definition) is 0. The lowest BCUT2D eigenvalue weighted by Crippen LogP contribution is -1.89. The van der Waals surface area contributed by atoms with Crippen molar-refractivity contribution in [3.63, 3.8) is 0 Å². The molecule has 0 atom stereocenters. The van der Waals surface area contributed by atoms with Crippen molar-refractivity contribution in [3.05, 3.63) is 111 Å². The Morgan fingerprint density at radius 1 is 0.609 bits per heavy atom. The first-order valence-corrected chi connectivity index (χ1v) is 8.68. The molecule has 0 fully saturated rings. The van der Waals surface area contributed by atoms with Crippen molar-refractivity contribution in [3.8, 4) is 0 Å². The summed E-state index contributed by atoms with van der Waals surface area (Å²) < 4.78 is 1.25. The molecule has 0 heterocycles. The van der Waals surface area contributed by atoms with Crippen LogP contribution < -0.4 is 0 Å². The van der Waals surface area contributed by atoms with Crippen LogP contribution in [0.2, 0.25) is 0 Å². The van der Waals surface area contributed by atoms with E-state index in [9.17, 15) is 0 Å². The molecule has 0 amide bonds. The third-order valence-electron chi connectivity index (χ3n) is 4.25. The average Bonchev–Trinajstić information content (AvgIpc) is 2.88. The number of rotatable bonds is 2. The average molecular weight is 406 g/mol. The Hall–Kier alpha value is -2.13. The van der Waals surface area contributed by atoms with Gasteiger partial charge in [0.25, 0.3) is 0 Å². The van der Waals surface area contributed by atoms with E-state index < -0.39 is 0 Å². The Balaban J connectivity index is 2.06. The SMILES string of the molecule is C=C1C(c2ccccc2)=C(c2ccccc2)c2cc(I)ccc21. The van der Waals surface area contributed by atoms with Crippen LogP contribution >= 0.6 is 22.6 Å². The van der Waals surface area contributed by atoms with Crippen LogP contribution in [0.5, 0.6) is 0 Å². The maximum Gasteiger partial charge on any atom is 0.0136 e. The smallest absolute Gasteiger partial charge is 0.0136 e. The molecule has 0 aromatic heterocycles. The van der Waals surface area contributed by atoms with Crippen LogP contribution in [0.3, 0.4) is 0 Å². The topological polar surface area (TPSA) is 0 Å². The molecule has 0 spiro atoms. The van der Waals surface area contributed by atoms with E-state index >= 15 is 0 Å². The van der Waals surface area contributed by atoms with Gasteiger partial charge in [0.1, 0.15) is 0 Å². The normalized spacial score (nSPS) is 13.3. The van der Waals surface area contributed by atoms with Crippen LogP contribution in [0.1, 0.15) is 22.3 Å². The Bertz CT molecular complexity index is 919. The standard InChI is InChI=1S/C22H15I/c1-15-19-13-12-18(23)14-20(19)22(17-10-6-3-7-11-17)21(15)16-8-4-2-5-9-16/h2-14H,1H2. The van der Waals surface area contributed by atoms with Gasteiger partial charge in [0.2, 0.25) is 0 Å². The maximum atomic E-state index is 4.40. The summed E-state index contributed by atoms with van der Waals surface area (Å²) in [4.78, 5) is 0. The molecular weight excluding hydrogens is 391 g/mol. The van der Waals surface area contributed by atoms with Gasteiger partial charge < -0.3 is 0 Å². The van der Waals surface area contributed by atoms with Crippen LogP contribution in [0.15, 0.2) is 85.4 Å². The van der Waals surface area contributed by atoms with Gasteiger partial charge in [-0.05, 0) is 73.7 Å². The first kappa shape index (κ1) is 14.5. The molecule has 0 saturated heterocycles. The highest BCUT2D eigenvalue weighted by atomic mass is 127. The van der Waals surface area contributed by atoms with Crippen molar-refractivity contribution in [2.75, 3.05) is 0 Å². The zero-order valence-electron chi connectivity index (χ0n) is 12.6. The molecule has 3 aromatic rings. The Labute approximate surface area is 150 Å². The van der Waals surface area contributed by atoms with E-state index in [0.717, 1.165) is 5.57 Å². The van der Waals surface area contributed by atoms with E-state index in [0.29, 0.717) is 0 Å². The van der Waals surface area contributed by atoms with Gasteiger partial charge in [-0.25, -0.2) is 0 Å². The molecule has 0 aliphatic heterocycles. The largest absolute Gasteiger partial charge is 0.0905 e.